The number of aliphatic hydroxyl groups is 1. The number of ketones is 1. The maximum Gasteiger partial charge on any atom is 0.265 e. The van der Waals surface area contributed by atoms with Gasteiger partial charge in [-0.05, 0) is 25.1 Å². The predicted octanol–water partition coefficient (Wildman–Crippen LogP) is 2.15. The standard InChI is InChI=1S/C20H22N2O4S/c1-14-6-7-18(27-14)17(23)12-20(25)15-4-2-3-5-16(15)22(19(20)24)13-21-8-10-26-11-9-21/h2-7,25H,8-13H2,1H3. The van der Waals surface area contributed by atoms with Crippen LogP contribution in [0, 0.1) is 6.92 Å². The van der Waals surface area contributed by atoms with E-state index in [0.29, 0.717) is 36.0 Å². The summed E-state index contributed by atoms with van der Waals surface area (Å²) in [5.74, 6) is -0.649. The predicted molar refractivity (Wildman–Crippen MR) is 103 cm³/mol. The largest absolute Gasteiger partial charge is 0.379 e. The lowest BCUT2D eigenvalue weighted by molar-refractivity contribution is -0.136. The van der Waals surface area contributed by atoms with Crippen molar-refractivity contribution in [2.75, 3.05) is 37.9 Å². The number of nitrogens with zero attached hydrogens (tertiary/aromatic N) is 2. The Morgan fingerprint density at radius 1 is 1.22 bits per heavy atom. The third-order valence-corrected chi connectivity index (χ3v) is 6.16. The fourth-order valence-electron chi connectivity index (χ4n) is 3.66. The summed E-state index contributed by atoms with van der Waals surface area (Å²) in [6, 6.07) is 10.8. The number of aryl methyl sites for hydroxylation is 1. The molecule has 6 nitrogen and oxygen atoms in total. The zero-order valence-electron chi connectivity index (χ0n) is 15.2. The van der Waals surface area contributed by atoms with E-state index in [2.05, 4.69) is 4.90 Å². The summed E-state index contributed by atoms with van der Waals surface area (Å²) in [7, 11) is 0. The highest BCUT2D eigenvalue weighted by Crippen LogP contribution is 2.43. The Labute approximate surface area is 162 Å². The number of amides is 1. The lowest BCUT2D eigenvalue weighted by Gasteiger charge is -2.31. The van der Waals surface area contributed by atoms with E-state index in [1.807, 2.05) is 25.1 Å². The van der Waals surface area contributed by atoms with Gasteiger partial charge in [0.2, 0.25) is 0 Å². The van der Waals surface area contributed by atoms with Gasteiger partial charge in [-0.2, -0.15) is 0 Å². The van der Waals surface area contributed by atoms with Crippen LogP contribution in [0.3, 0.4) is 0 Å². The summed E-state index contributed by atoms with van der Waals surface area (Å²) < 4.78 is 5.37. The second-order valence-corrected chi connectivity index (χ2v) is 8.28. The molecule has 4 rings (SSSR count). The van der Waals surface area contributed by atoms with Crippen molar-refractivity contribution in [3.63, 3.8) is 0 Å². The van der Waals surface area contributed by atoms with E-state index in [9.17, 15) is 14.7 Å². The van der Waals surface area contributed by atoms with E-state index in [1.165, 1.54) is 11.3 Å². The molecule has 0 spiro atoms. The van der Waals surface area contributed by atoms with Crippen molar-refractivity contribution in [2.45, 2.75) is 18.9 Å². The first kappa shape index (κ1) is 18.3. The van der Waals surface area contributed by atoms with Crippen molar-refractivity contribution >= 4 is 28.7 Å². The van der Waals surface area contributed by atoms with E-state index >= 15 is 0 Å². The van der Waals surface area contributed by atoms with Gasteiger partial charge in [-0.15, -0.1) is 11.3 Å². The molecule has 0 radical (unpaired) electrons. The number of ether oxygens (including phenoxy) is 1. The number of Topliss-reactive ketones (excluding diaryl/α,β-unsaturated/α-hetero) is 1. The third-order valence-electron chi connectivity index (χ3n) is 5.12. The van der Waals surface area contributed by atoms with Crippen molar-refractivity contribution in [3.8, 4) is 0 Å². The SMILES string of the molecule is Cc1ccc(C(=O)CC2(O)C(=O)N(CN3CCOCC3)c3ccccc32)s1. The third kappa shape index (κ3) is 3.32. The highest BCUT2D eigenvalue weighted by molar-refractivity contribution is 7.14. The summed E-state index contributed by atoms with van der Waals surface area (Å²) in [4.78, 5) is 31.2. The molecule has 2 aliphatic rings. The molecule has 1 saturated heterocycles. The van der Waals surface area contributed by atoms with Gasteiger partial charge in [0, 0.05) is 23.5 Å². The van der Waals surface area contributed by atoms with Gasteiger partial charge in [0.1, 0.15) is 0 Å². The average Bonchev–Trinajstić information content (AvgIpc) is 3.20. The van der Waals surface area contributed by atoms with Crippen molar-refractivity contribution in [2.24, 2.45) is 0 Å². The van der Waals surface area contributed by atoms with Crippen molar-refractivity contribution in [1.82, 2.24) is 4.90 Å². The van der Waals surface area contributed by atoms with E-state index in [0.717, 1.165) is 18.0 Å². The van der Waals surface area contributed by atoms with Gasteiger partial charge < -0.3 is 9.84 Å². The molecule has 2 aromatic rings. The van der Waals surface area contributed by atoms with E-state index in [1.54, 1.807) is 23.1 Å². The highest BCUT2D eigenvalue weighted by atomic mass is 32.1. The molecular weight excluding hydrogens is 364 g/mol. The van der Waals surface area contributed by atoms with Gasteiger partial charge in [0.15, 0.2) is 11.4 Å². The van der Waals surface area contributed by atoms with Gasteiger partial charge in [-0.25, -0.2) is 0 Å². The van der Waals surface area contributed by atoms with Crippen LogP contribution in [0.1, 0.15) is 26.5 Å². The number of anilines is 1. The minimum absolute atomic E-state index is 0.216. The summed E-state index contributed by atoms with van der Waals surface area (Å²) in [6.45, 7) is 5.04. The first-order valence-corrected chi connectivity index (χ1v) is 9.84. The molecule has 7 heteroatoms. The van der Waals surface area contributed by atoms with E-state index < -0.39 is 11.5 Å². The van der Waals surface area contributed by atoms with Crippen LogP contribution in [0.2, 0.25) is 0 Å². The summed E-state index contributed by atoms with van der Waals surface area (Å²) >= 11 is 1.38. The van der Waals surface area contributed by atoms with Gasteiger partial charge in [0.25, 0.3) is 5.91 Å². The number of para-hydroxylation sites is 1. The molecule has 0 saturated carbocycles. The second kappa shape index (κ2) is 7.16. The zero-order valence-corrected chi connectivity index (χ0v) is 16.0. The molecule has 142 valence electrons. The zero-order chi connectivity index (χ0) is 19.0. The van der Waals surface area contributed by atoms with Gasteiger partial charge in [0.05, 0.1) is 36.9 Å². The molecule has 1 atom stereocenters. The number of carbonyl (C=O) groups is 2. The number of rotatable bonds is 5. The molecule has 1 N–H and O–H groups in total. The van der Waals surface area contributed by atoms with Crippen LogP contribution in [0.25, 0.3) is 0 Å². The molecular formula is C20H22N2O4S. The number of benzene rings is 1. The molecule has 0 bridgehead atoms. The molecule has 0 aliphatic carbocycles. The molecule has 1 fully saturated rings. The summed E-state index contributed by atoms with van der Waals surface area (Å²) in [6.07, 6.45) is -0.248. The Morgan fingerprint density at radius 2 is 1.96 bits per heavy atom. The van der Waals surface area contributed by atoms with Crippen molar-refractivity contribution in [3.05, 3.63) is 51.7 Å². The van der Waals surface area contributed by atoms with Crippen LogP contribution in [0.15, 0.2) is 36.4 Å². The minimum Gasteiger partial charge on any atom is -0.379 e. The molecule has 3 heterocycles. The van der Waals surface area contributed by atoms with Crippen LogP contribution in [-0.2, 0) is 15.1 Å². The molecule has 2 aliphatic heterocycles. The number of thiophene rings is 1. The lowest BCUT2D eigenvalue weighted by atomic mass is 9.89. The van der Waals surface area contributed by atoms with Crippen LogP contribution >= 0.6 is 11.3 Å². The van der Waals surface area contributed by atoms with Crippen LogP contribution in [-0.4, -0.2) is 54.7 Å². The Bertz CT molecular complexity index is 874. The molecule has 1 aromatic heterocycles. The molecule has 1 amide bonds. The Hall–Kier alpha value is -2.06. The van der Waals surface area contributed by atoms with Gasteiger partial charge >= 0.3 is 0 Å². The maximum absolute atomic E-state index is 13.2. The normalized spacial score (nSPS) is 22.9. The minimum atomic E-state index is -1.82. The van der Waals surface area contributed by atoms with Crippen LogP contribution in [0.5, 0.6) is 0 Å². The van der Waals surface area contributed by atoms with Crippen molar-refractivity contribution < 1.29 is 19.4 Å². The number of morpholine rings is 1. The Balaban J connectivity index is 1.62. The van der Waals surface area contributed by atoms with Gasteiger partial charge in [-0.3, -0.25) is 19.4 Å². The van der Waals surface area contributed by atoms with E-state index in [-0.39, 0.29) is 12.2 Å². The topological polar surface area (TPSA) is 70.1 Å². The first-order valence-electron chi connectivity index (χ1n) is 9.02. The van der Waals surface area contributed by atoms with Crippen LogP contribution < -0.4 is 4.90 Å². The van der Waals surface area contributed by atoms with E-state index in [4.69, 9.17) is 4.74 Å². The molecule has 1 aromatic carbocycles. The highest BCUT2D eigenvalue weighted by Gasteiger charge is 2.51. The quantitative estimate of drug-likeness (QED) is 0.798. The Kier molecular flexibility index (Phi) is 4.86. The molecule has 27 heavy (non-hydrogen) atoms. The summed E-state index contributed by atoms with van der Waals surface area (Å²) in [5, 5.41) is 11.3. The lowest BCUT2D eigenvalue weighted by Crippen LogP contribution is -2.49. The fourth-order valence-corrected chi connectivity index (χ4v) is 4.47. The number of hydrogen-bond donors (Lipinski definition) is 1. The number of fused-ring (bicyclic) bond motifs is 1. The maximum atomic E-state index is 13.2. The molecule has 1 unspecified atom stereocenters. The fraction of sp³-hybridized carbons (Fsp3) is 0.400. The summed E-state index contributed by atoms with van der Waals surface area (Å²) in [5.41, 5.74) is -0.644. The smallest absolute Gasteiger partial charge is 0.265 e. The van der Waals surface area contributed by atoms with Gasteiger partial charge in [-0.1, -0.05) is 18.2 Å². The van der Waals surface area contributed by atoms with Crippen LogP contribution in [0.4, 0.5) is 5.69 Å². The average molecular weight is 386 g/mol. The van der Waals surface area contributed by atoms with Crippen molar-refractivity contribution in [1.29, 1.82) is 0 Å². The first-order chi connectivity index (χ1) is 13.0. The monoisotopic (exact) mass is 386 g/mol. The number of hydrogen-bond acceptors (Lipinski definition) is 6. The second-order valence-electron chi connectivity index (χ2n) is 6.99. The Morgan fingerprint density at radius 3 is 2.67 bits per heavy atom. The number of carbonyl (C=O) groups excluding carboxylic acids is 2.